The first kappa shape index (κ1) is 30.6. The molecule has 0 unspecified atom stereocenters. The van der Waals surface area contributed by atoms with Crippen LogP contribution in [-0.4, -0.2) is 19.1 Å². The van der Waals surface area contributed by atoms with E-state index in [1.165, 1.54) is 60.7 Å². The molecule has 0 bridgehead atoms. The SMILES string of the molecule is C1=Cc2c(c3cc(-c4ccc5c(c4)c4ccccc4n5-c4cccc(-c5ccccc5)c4)ccc3n2-c2nc(-c3ccccc3)c3ccccc3n2)CC1. The number of rotatable bonds is 5. The summed E-state index contributed by atoms with van der Waals surface area (Å²) >= 11 is 0. The summed E-state index contributed by atoms with van der Waals surface area (Å²) in [6.07, 6.45) is 6.53. The third-order valence-corrected chi connectivity index (χ3v) is 11.0. The molecular weight excluding hydrogens is 657 g/mol. The third-order valence-electron chi connectivity index (χ3n) is 11.0. The monoisotopic (exact) mass is 690 g/mol. The van der Waals surface area contributed by atoms with Gasteiger partial charge in [-0.3, -0.25) is 4.57 Å². The van der Waals surface area contributed by atoms with E-state index in [1.807, 2.05) is 6.07 Å². The molecule has 0 fully saturated rings. The normalized spacial score (nSPS) is 12.6. The lowest BCUT2D eigenvalue weighted by atomic mass is 9.97. The number of para-hydroxylation sites is 2. The molecule has 3 aromatic heterocycles. The van der Waals surface area contributed by atoms with Crippen molar-refractivity contribution < 1.29 is 0 Å². The van der Waals surface area contributed by atoms with Gasteiger partial charge in [-0.05, 0) is 95.3 Å². The summed E-state index contributed by atoms with van der Waals surface area (Å²) in [5, 5.41) is 4.80. The molecule has 0 atom stereocenters. The van der Waals surface area contributed by atoms with Crippen LogP contribution in [0.15, 0.2) is 176 Å². The molecule has 0 aliphatic heterocycles. The summed E-state index contributed by atoms with van der Waals surface area (Å²) in [6, 6.07) is 60.9. The summed E-state index contributed by atoms with van der Waals surface area (Å²) in [5.41, 5.74) is 15.0. The zero-order valence-corrected chi connectivity index (χ0v) is 29.5. The van der Waals surface area contributed by atoms with Gasteiger partial charge in [0, 0.05) is 32.8 Å². The fourth-order valence-corrected chi connectivity index (χ4v) is 8.50. The van der Waals surface area contributed by atoms with Crippen LogP contribution in [0, 0.1) is 0 Å². The van der Waals surface area contributed by atoms with Gasteiger partial charge >= 0.3 is 0 Å². The maximum Gasteiger partial charge on any atom is 0.235 e. The van der Waals surface area contributed by atoms with Crippen LogP contribution in [-0.2, 0) is 6.42 Å². The van der Waals surface area contributed by atoms with Gasteiger partial charge in [0.2, 0.25) is 5.95 Å². The van der Waals surface area contributed by atoms with Crippen molar-refractivity contribution >= 4 is 49.7 Å². The summed E-state index contributed by atoms with van der Waals surface area (Å²) < 4.78 is 4.67. The number of hydrogen-bond acceptors (Lipinski definition) is 2. The van der Waals surface area contributed by atoms with Crippen molar-refractivity contribution in [2.75, 3.05) is 0 Å². The molecule has 0 amide bonds. The van der Waals surface area contributed by atoms with Crippen LogP contribution in [0.5, 0.6) is 0 Å². The van der Waals surface area contributed by atoms with E-state index < -0.39 is 0 Å². The Kier molecular flexibility index (Phi) is 6.96. The number of aromatic nitrogens is 4. The highest BCUT2D eigenvalue weighted by Gasteiger charge is 2.22. The minimum absolute atomic E-state index is 0.698. The van der Waals surface area contributed by atoms with E-state index in [1.54, 1.807) is 0 Å². The minimum Gasteiger partial charge on any atom is -0.309 e. The average Bonchev–Trinajstić information content (AvgIpc) is 3.76. The molecule has 3 heterocycles. The van der Waals surface area contributed by atoms with Crippen molar-refractivity contribution in [1.29, 1.82) is 0 Å². The molecule has 10 aromatic rings. The molecule has 0 saturated heterocycles. The summed E-state index contributed by atoms with van der Waals surface area (Å²) in [6.45, 7) is 0. The molecule has 254 valence electrons. The largest absolute Gasteiger partial charge is 0.309 e. The van der Waals surface area contributed by atoms with Crippen molar-refractivity contribution in [2.24, 2.45) is 0 Å². The molecule has 0 saturated carbocycles. The smallest absolute Gasteiger partial charge is 0.235 e. The topological polar surface area (TPSA) is 35.6 Å². The number of nitrogens with zero attached hydrogens (tertiary/aromatic N) is 4. The summed E-state index contributed by atoms with van der Waals surface area (Å²) in [7, 11) is 0. The van der Waals surface area contributed by atoms with Crippen LogP contribution in [0.1, 0.15) is 17.7 Å². The van der Waals surface area contributed by atoms with Crippen LogP contribution in [0.25, 0.3) is 94.8 Å². The van der Waals surface area contributed by atoms with Crippen LogP contribution in [0.2, 0.25) is 0 Å². The van der Waals surface area contributed by atoms with Crippen molar-refractivity contribution in [3.05, 3.63) is 187 Å². The lowest BCUT2D eigenvalue weighted by molar-refractivity contribution is 0.929. The second-order valence-electron chi connectivity index (χ2n) is 14.1. The fraction of sp³-hybridized carbons (Fsp3) is 0.0400. The Morgan fingerprint density at radius 3 is 1.87 bits per heavy atom. The fourth-order valence-electron chi connectivity index (χ4n) is 8.50. The molecule has 1 aliphatic carbocycles. The van der Waals surface area contributed by atoms with E-state index in [2.05, 4.69) is 185 Å². The maximum atomic E-state index is 5.28. The molecule has 11 rings (SSSR count). The highest BCUT2D eigenvalue weighted by Crippen LogP contribution is 2.39. The van der Waals surface area contributed by atoms with Crippen LogP contribution in [0.4, 0.5) is 0 Å². The Hall–Kier alpha value is -7.04. The number of hydrogen-bond donors (Lipinski definition) is 0. The van der Waals surface area contributed by atoms with Gasteiger partial charge in [0.1, 0.15) is 0 Å². The zero-order chi connectivity index (χ0) is 35.6. The van der Waals surface area contributed by atoms with Crippen molar-refractivity contribution in [2.45, 2.75) is 12.8 Å². The predicted octanol–water partition coefficient (Wildman–Crippen LogP) is 12.6. The van der Waals surface area contributed by atoms with Gasteiger partial charge < -0.3 is 4.57 Å². The highest BCUT2D eigenvalue weighted by molar-refractivity contribution is 6.11. The van der Waals surface area contributed by atoms with E-state index in [0.717, 1.165) is 46.2 Å². The summed E-state index contributed by atoms with van der Waals surface area (Å²) in [4.78, 5) is 10.5. The van der Waals surface area contributed by atoms with E-state index in [4.69, 9.17) is 9.97 Å². The Balaban J connectivity index is 1.07. The molecule has 4 heteroatoms. The van der Waals surface area contributed by atoms with Gasteiger partial charge in [-0.1, -0.05) is 127 Å². The van der Waals surface area contributed by atoms with Crippen molar-refractivity contribution in [1.82, 2.24) is 19.1 Å². The van der Waals surface area contributed by atoms with Crippen LogP contribution in [0.3, 0.4) is 0 Å². The van der Waals surface area contributed by atoms with Gasteiger partial charge in [0.05, 0.1) is 33.5 Å². The number of fused-ring (bicyclic) bond motifs is 7. The molecule has 0 spiro atoms. The Labute approximate surface area is 312 Å². The molecule has 54 heavy (non-hydrogen) atoms. The minimum atomic E-state index is 0.698. The average molecular weight is 691 g/mol. The molecule has 7 aromatic carbocycles. The lowest BCUT2D eigenvalue weighted by Gasteiger charge is -2.13. The predicted molar refractivity (Wildman–Crippen MR) is 224 cm³/mol. The van der Waals surface area contributed by atoms with Gasteiger partial charge in [-0.25, -0.2) is 9.97 Å². The Bertz CT molecular complexity index is 3090. The standard InChI is InChI=1S/C50H34N4/c1-3-14-33(15-4-1)35-18-13-19-38(30-35)53-45-24-11-8-20-39(45)42-31-36(26-28-47(42)53)37-27-29-48-43(32-37)40-21-9-12-25-46(40)54(48)50-51-44-23-10-7-22-41(44)49(52-50)34-16-5-2-6-17-34/h1-8,10-20,22-32H,9,21H2. The summed E-state index contributed by atoms with van der Waals surface area (Å²) in [5.74, 6) is 0.698. The first-order valence-electron chi connectivity index (χ1n) is 18.6. The number of benzene rings is 7. The lowest BCUT2D eigenvalue weighted by Crippen LogP contribution is -2.06. The quantitative estimate of drug-likeness (QED) is 0.180. The van der Waals surface area contributed by atoms with Gasteiger partial charge in [0.15, 0.2) is 0 Å². The van der Waals surface area contributed by atoms with Gasteiger partial charge in [-0.2, -0.15) is 0 Å². The molecular formula is C50H34N4. The van der Waals surface area contributed by atoms with Crippen molar-refractivity contribution in [3.63, 3.8) is 0 Å². The number of allylic oxidation sites excluding steroid dienone is 1. The Morgan fingerprint density at radius 2 is 1.06 bits per heavy atom. The highest BCUT2D eigenvalue weighted by atomic mass is 15.2. The second-order valence-corrected chi connectivity index (χ2v) is 14.1. The van der Waals surface area contributed by atoms with Crippen LogP contribution < -0.4 is 0 Å². The van der Waals surface area contributed by atoms with Crippen molar-refractivity contribution in [3.8, 4) is 45.1 Å². The zero-order valence-electron chi connectivity index (χ0n) is 29.5. The van der Waals surface area contributed by atoms with E-state index in [9.17, 15) is 0 Å². The number of aryl methyl sites for hydroxylation is 1. The maximum absolute atomic E-state index is 5.28. The first-order chi connectivity index (χ1) is 26.8. The molecule has 0 N–H and O–H groups in total. The Morgan fingerprint density at radius 1 is 0.426 bits per heavy atom. The third kappa shape index (κ3) is 4.84. The molecule has 4 nitrogen and oxygen atoms in total. The van der Waals surface area contributed by atoms with Crippen LogP contribution >= 0.6 is 0 Å². The molecule has 1 aliphatic rings. The molecule has 0 radical (unpaired) electrons. The van der Waals surface area contributed by atoms with Gasteiger partial charge in [0.25, 0.3) is 0 Å². The first-order valence-corrected chi connectivity index (χ1v) is 18.6. The van der Waals surface area contributed by atoms with E-state index in [-0.39, 0.29) is 0 Å². The van der Waals surface area contributed by atoms with E-state index in [0.29, 0.717) is 5.95 Å². The van der Waals surface area contributed by atoms with Gasteiger partial charge in [-0.15, -0.1) is 0 Å². The second kappa shape index (κ2) is 12.3. The van der Waals surface area contributed by atoms with E-state index >= 15 is 0 Å².